The van der Waals surface area contributed by atoms with Crippen molar-refractivity contribution in [2.24, 2.45) is 0 Å². The zero-order valence-corrected chi connectivity index (χ0v) is 14.0. The Bertz CT molecular complexity index is 759. The van der Waals surface area contributed by atoms with E-state index >= 15 is 0 Å². The third kappa shape index (κ3) is 3.36. The lowest BCUT2D eigenvalue weighted by molar-refractivity contribution is 0.492. The van der Waals surface area contributed by atoms with E-state index in [-0.39, 0.29) is 0 Å². The molecule has 0 bridgehead atoms. The molecule has 0 aliphatic heterocycles. The van der Waals surface area contributed by atoms with Crippen molar-refractivity contribution in [3.63, 3.8) is 0 Å². The van der Waals surface area contributed by atoms with Crippen LogP contribution < -0.4 is 9.62 Å². The molecule has 5 heteroatoms. The number of rotatable bonds is 3. The van der Waals surface area contributed by atoms with Crippen LogP contribution in [0.2, 0.25) is 0 Å². The molecule has 0 aromatic heterocycles. The molecular formula is C16H22N2O2S. The van der Waals surface area contributed by atoms with E-state index in [0.717, 1.165) is 16.5 Å². The quantitative estimate of drug-likeness (QED) is 0.948. The van der Waals surface area contributed by atoms with E-state index in [4.69, 9.17) is 0 Å². The van der Waals surface area contributed by atoms with Crippen molar-refractivity contribution in [1.29, 1.82) is 0 Å². The first-order valence-electron chi connectivity index (χ1n) is 6.85. The Labute approximate surface area is 126 Å². The van der Waals surface area contributed by atoms with E-state index in [1.54, 1.807) is 12.1 Å². The molecule has 2 rings (SSSR count). The molecule has 0 saturated carbocycles. The fourth-order valence-corrected chi connectivity index (χ4v) is 3.99. The molecule has 0 fully saturated rings. The molecule has 2 aromatic carbocycles. The lowest BCUT2D eigenvalue weighted by Crippen LogP contribution is -2.40. The van der Waals surface area contributed by atoms with Gasteiger partial charge in [0, 0.05) is 36.1 Å². The van der Waals surface area contributed by atoms with Crippen LogP contribution in [0.3, 0.4) is 0 Å². The topological polar surface area (TPSA) is 49.4 Å². The van der Waals surface area contributed by atoms with Gasteiger partial charge in [-0.25, -0.2) is 13.1 Å². The molecule has 0 aliphatic carbocycles. The van der Waals surface area contributed by atoms with Crippen LogP contribution in [0, 0.1) is 0 Å². The van der Waals surface area contributed by atoms with Crippen LogP contribution in [0.25, 0.3) is 10.8 Å². The molecule has 0 amide bonds. The first-order chi connectivity index (χ1) is 9.62. The molecular weight excluding hydrogens is 284 g/mol. The molecule has 1 N–H and O–H groups in total. The molecule has 0 spiro atoms. The largest absolute Gasteiger partial charge is 0.377 e. The van der Waals surface area contributed by atoms with Gasteiger partial charge >= 0.3 is 0 Å². The Balaban J connectivity index is 2.69. The average Bonchev–Trinajstić information content (AvgIpc) is 2.34. The van der Waals surface area contributed by atoms with Gasteiger partial charge in [0.25, 0.3) is 0 Å². The minimum Gasteiger partial charge on any atom is -0.377 e. The van der Waals surface area contributed by atoms with Gasteiger partial charge in [0.05, 0.1) is 4.90 Å². The van der Waals surface area contributed by atoms with Gasteiger partial charge in [0.2, 0.25) is 10.0 Å². The highest BCUT2D eigenvalue weighted by atomic mass is 32.2. The van der Waals surface area contributed by atoms with Gasteiger partial charge < -0.3 is 4.90 Å². The van der Waals surface area contributed by atoms with Crippen LogP contribution >= 0.6 is 0 Å². The smallest absolute Gasteiger partial charge is 0.241 e. The molecule has 2 aromatic rings. The summed E-state index contributed by atoms with van der Waals surface area (Å²) in [4.78, 5) is 2.30. The third-order valence-electron chi connectivity index (χ3n) is 3.07. The van der Waals surface area contributed by atoms with Gasteiger partial charge in [-0.3, -0.25) is 0 Å². The van der Waals surface area contributed by atoms with Gasteiger partial charge in [0.1, 0.15) is 0 Å². The van der Waals surface area contributed by atoms with Crippen LogP contribution in [0.4, 0.5) is 5.69 Å². The van der Waals surface area contributed by atoms with E-state index in [1.807, 2.05) is 64.0 Å². The van der Waals surface area contributed by atoms with Crippen LogP contribution in [-0.2, 0) is 10.0 Å². The summed E-state index contributed by atoms with van der Waals surface area (Å²) < 4.78 is 27.9. The van der Waals surface area contributed by atoms with Gasteiger partial charge in [-0.05, 0) is 32.9 Å². The van der Waals surface area contributed by atoms with Gasteiger partial charge in [-0.15, -0.1) is 0 Å². The second-order valence-electron chi connectivity index (χ2n) is 6.38. The van der Waals surface area contributed by atoms with E-state index in [0.29, 0.717) is 4.90 Å². The number of benzene rings is 2. The first kappa shape index (κ1) is 15.8. The van der Waals surface area contributed by atoms with E-state index in [2.05, 4.69) is 4.72 Å². The van der Waals surface area contributed by atoms with Crippen molar-refractivity contribution >= 4 is 26.5 Å². The molecule has 0 saturated heterocycles. The monoisotopic (exact) mass is 306 g/mol. The zero-order chi connectivity index (χ0) is 15.8. The minimum absolute atomic E-state index is 0.318. The van der Waals surface area contributed by atoms with Crippen molar-refractivity contribution in [1.82, 2.24) is 4.72 Å². The van der Waals surface area contributed by atoms with E-state index in [9.17, 15) is 8.42 Å². The average molecular weight is 306 g/mol. The summed E-state index contributed by atoms with van der Waals surface area (Å²) in [5, 5.41) is 1.67. The SMILES string of the molecule is CN(C)c1cccc2c(S(=O)(=O)NC(C)(C)C)cccc12. The zero-order valence-electron chi connectivity index (χ0n) is 13.1. The predicted octanol–water partition coefficient (Wildman–Crippen LogP) is 2.98. The number of fused-ring (bicyclic) bond motifs is 1. The van der Waals surface area contributed by atoms with Gasteiger partial charge in [0.15, 0.2) is 0 Å². The number of anilines is 1. The first-order valence-corrected chi connectivity index (χ1v) is 8.33. The van der Waals surface area contributed by atoms with Crippen molar-refractivity contribution in [2.75, 3.05) is 19.0 Å². The summed E-state index contributed by atoms with van der Waals surface area (Å²) in [6, 6.07) is 11.1. The third-order valence-corrected chi connectivity index (χ3v) is 4.89. The van der Waals surface area contributed by atoms with Crippen LogP contribution in [-0.4, -0.2) is 28.1 Å². The van der Waals surface area contributed by atoms with Crippen LogP contribution in [0.1, 0.15) is 20.8 Å². The highest BCUT2D eigenvalue weighted by Crippen LogP contribution is 2.30. The predicted molar refractivity (Wildman–Crippen MR) is 88.3 cm³/mol. The van der Waals surface area contributed by atoms with Crippen molar-refractivity contribution in [3.05, 3.63) is 36.4 Å². The Morgan fingerprint density at radius 2 is 1.52 bits per heavy atom. The maximum atomic E-state index is 12.6. The second-order valence-corrected chi connectivity index (χ2v) is 8.03. The summed E-state index contributed by atoms with van der Waals surface area (Å²) in [7, 11) is 0.340. The minimum atomic E-state index is -3.56. The fraction of sp³-hybridized carbons (Fsp3) is 0.375. The maximum Gasteiger partial charge on any atom is 0.241 e. The summed E-state index contributed by atoms with van der Waals surface area (Å²) >= 11 is 0. The summed E-state index contributed by atoms with van der Waals surface area (Å²) in [5.41, 5.74) is 0.487. The number of hydrogen-bond donors (Lipinski definition) is 1. The van der Waals surface area contributed by atoms with Crippen LogP contribution in [0.15, 0.2) is 41.3 Å². The van der Waals surface area contributed by atoms with E-state index < -0.39 is 15.6 Å². The molecule has 0 aliphatic rings. The van der Waals surface area contributed by atoms with Gasteiger partial charge in [-0.1, -0.05) is 24.3 Å². The highest BCUT2D eigenvalue weighted by molar-refractivity contribution is 7.89. The maximum absolute atomic E-state index is 12.6. The molecule has 0 radical (unpaired) electrons. The van der Waals surface area contributed by atoms with Crippen molar-refractivity contribution in [2.45, 2.75) is 31.2 Å². The number of hydrogen-bond acceptors (Lipinski definition) is 3. The molecule has 114 valence electrons. The Hall–Kier alpha value is -1.59. The van der Waals surface area contributed by atoms with Crippen molar-refractivity contribution < 1.29 is 8.42 Å². The summed E-state index contributed by atoms with van der Waals surface area (Å²) in [5.74, 6) is 0. The highest BCUT2D eigenvalue weighted by Gasteiger charge is 2.24. The second kappa shape index (κ2) is 5.31. The fourth-order valence-electron chi connectivity index (χ4n) is 2.35. The molecule has 4 nitrogen and oxygen atoms in total. The standard InChI is InChI=1S/C16H22N2O2S/c1-16(2,3)17-21(19,20)15-11-7-8-12-13(15)9-6-10-14(12)18(4)5/h6-11,17H,1-5H3. The van der Waals surface area contributed by atoms with Crippen LogP contribution in [0.5, 0.6) is 0 Å². The number of nitrogens with zero attached hydrogens (tertiary/aromatic N) is 1. The Morgan fingerprint density at radius 3 is 2.10 bits per heavy atom. The summed E-state index contributed by atoms with van der Waals surface area (Å²) in [6.07, 6.45) is 0. The normalized spacial score (nSPS) is 12.6. The Kier molecular flexibility index (Phi) is 4.00. The molecule has 0 atom stereocenters. The lowest BCUT2D eigenvalue weighted by atomic mass is 10.1. The number of nitrogens with one attached hydrogen (secondary N) is 1. The lowest BCUT2D eigenvalue weighted by Gasteiger charge is -2.22. The molecule has 0 unspecified atom stereocenters. The summed E-state index contributed by atoms with van der Waals surface area (Å²) in [6.45, 7) is 5.50. The van der Waals surface area contributed by atoms with Gasteiger partial charge in [-0.2, -0.15) is 0 Å². The molecule has 21 heavy (non-hydrogen) atoms. The Morgan fingerprint density at radius 1 is 0.952 bits per heavy atom. The number of sulfonamides is 1. The van der Waals surface area contributed by atoms with E-state index in [1.165, 1.54) is 0 Å². The van der Waals surface area contributed by atoms with Crippen molar-refractivity contribution in [3.8, 4) is 0 Å². The molecule has 0 heterocycles.